The monoisotopic (exact) mass is 351 g/mol. The molecule has 0 saturated carbocycles. The second-order valence-corrected chi connectivity index (χ2v) is 5.56. The van der Waals surface area contributed by atoms with Gasteiger partial charge in [0.05, 0.1) is 24.6 Å². The summed E-state index contributed by atoms with van der Waals surface area (Å²) >= 11 is 0. The van der Waals surface area contributed by atoms with E-state index in [-0.39, 0.29) is 0 Å². The van der Waals surface area contributed by atoms with E-state index in [9.17, 15) is 0 Å². The summed E-state index contributed by atoms with van der Waals surface area (Å²) in [7, 11) is 0. The first-order chi connectivity index (χ1) is 12.7. The van der Waals surface area contributed by atoms with Gasteiger partial charge in [-0.05, 0) is 31.3 Å². The first kappa shape index (κ1) is 19.3. The van der Waals surface area contributed by atoms with Crippen LogP contribution in [0.5, 0.6) is 0 Å². The van der Waals surface area contributed by atoms with E-state index in [1.54, 1.807) is 6.08 Å². The normalized spacial score (nSPS) is 13.8. The van der Waals surface area contributed by atoms with Crippen molar-refractivity contribution >= 4 is 24.0 Å². The summed E-state index contributed by atoms with van der Waals surface area (Å²) in [6.07, 6.45) is 9.20. The van der Waals surface area contributed by atoms with Crippen LogP contribution in [0.3, 0.4) is 0 Å². The van der Waals surface area contributed by atoms with Gasteiger partial charge in [0, 0.05) is 31.0 Å². The number of hydrogen-bond acceptors (Lipinski definition) is 6. The Labute approximate surface area is 154 Å². The largest absolute Gasteiger partial charge is 0.397 e. The smallest absolute Gasteiger partial charge is 0.225 e. The molecule has 0 spiro atoms. The molecular formula is C20H25N5O. The van der Waals surface area contributed by atoms with Crippen LogP contribution in [0.1, 0.15) is 6.92 Å². The summed E-state index contributed by atoms with van der Waals surface area (Å²) in [5.74, 6) is 0.736. The van der Waals surface area contributed by atoms with Crippen LogP contribution in [0.4, 0.5) is 17.3 Å². The lowest BCUT2D eigenvalue weighted by atomic mass is 10.1. The van der Waals surface area contributed by atoms with Crippen LogP contribution in [-0.4, -0.2) is 43.0 Å². The Morgan fingerprint density at radius 1 is 1.19 bits per heavy atom. The van der Waals surface area contributed by atoms with E-state index < -0.39 is 0 Å². The van der Waals surface area contributed by atoms with Gasteiger partial charge in [0.2, 0.25) is 5.95 Å². The number of allylic oxidation sites excluding steroid dienone is 3. The second-order valence-electron chi connectivity index (χ2n) is 5.56. The van der Waals surface area contributed by atoms with Crippen LogP contribution in [0.15, 0.2) is 60.4 Å². The highest BCUT2D eigenvalue weighted by Gasteiger charge is 2.13. The number of nitrogens with zero attached hydrogens (tertiary/aromatic N) is 4. The number of anilines is 2. The Bertz CT molecular complexity index is 749. The summed E-state index contributed by atoms with van der Waals surface area (Å²) in [5.41, 5.74) is 9.09. The molecule has 0 unspecified atom stereocenters. The van der Waals surface area contributed by atoms with Crippen LogP contribution in [0.2, 0.25) is 0 Å². The van der Waals surface area contributed by atoms with E-state index in [0.29, 0.717) is 11.4 Å². The van der Waals surface area contributed by atoms with Gasteiger partial charge in [0.25, 0.3) is 0 Å². The lowest BCUT2D eigenvalue weighted by Gasteiger charge is -2.26. The predicted octanol–water partition coefficient (Wildman–Crippen LogP) is 3.64. The van der Waals surface area contributed by atoms with E-state index in [4.69, 9.17) is 10.5 Å². The molecule has 1 aromatic carbocycles. The maximum atomic E-state index is 5.92. The zero-order chi connectivity index (χ0) is 18.8. The number of aliphatic imine (C=N–C) groups is 1. The molecule has 2 heterocycles. The minimum atomic E-state index is 0.597. The van der Waals surface area contributed by atoms with Crippen molar-refractivity contribution in [3.8, 4) is 11.1 Å². The van der Waals surface area contributed by atoms with Crippen molar-refractivity contribution in [3.63, 3.8) is 0 Å². The molecule has 26 heavy (non-hydrogen) atoms. The lowest BCUT2D eigenvalue weighted by Crippen LogP contribution is -2.37. The van der Waals surface area contributed by atoms with Gasteiger partial charge in [-0.2, -0.15) is 0 Å². The van der Waals surface area contributed by atoms with Crippen LogP contribution >= 0.6 is 0 Å². The molecule has 0 radical (unpaired) electrons. The fourth-order valence-corrected chi connectivity index (χ4v) is 2.41. The van der Waals surface area contributed by atoms with Crippen molar-refractivity contribution in [1.29, 1.82) is 0 Å². The molecule has 1 fully saturated rings. The minimum Gasteiger partial charge on any atom is -0.397 e. The van der Waals surface area contributed by atoms with Crippen LogP contribution in [-0.2, 0) is 4.74 Å². The fraction of sp³-hybridized carbons (Fsp3) is 0.250. The van der Waals surface area contributed by atoms with Crippen LogP contribution < -0.4 is 10.6 Å². The summed E-state index contributed by atoms with van der Waals surface area (Å²) in [5, 5.41) is 0. The third-order valence-electron chi connectivity index (χ3n) is 3.79. The maximum Gasteiger partial charge on any atom is 0.225 e. The van der Waals surface area contributed by atoms with Crippen molar-refractivity contribution in [2.75, 3.05) is 36.9 Å². The number of nitrogen functional groups attached to an aromatic ring is 1. The van der Waals surface area contributed by atoms with Gasteiger partial charge in [-0.1, -0.05) is 30.9 Å². The van der Waals surface area contributed by atoms with Crippen molar-refractivity contribution in [1.82, 2.24) is 9.97 Å². The molecule has 1 aliphatic heterocycles. The SMILES string of the molecule is C=C/C=C\C.C=Nc1ccc(-c2cnc(N3CCOCC3)nc2)cc1N. The van der Waals surface area contributed by atoms with Crippen molar-refractivity contribution in [3.05, 3.63) is 55.4 Å². The highest BCUT2D eigenvalue weighted by Crippen LogP contribution is 2.28. The molecule has 136 valence electrons. The molecule has 1 aromatic heterocycles. The Hall–Kier alpha value is -2.99. The molecule has 2 N–H and O–H groups in total. The zero-order valence-corrected chi connectivity index (χ0v) is 15.1. The van der Waals surface area contributed by atoms with Gasteiger partial charge in [-0.3, -0.25) is 4.99 Å². The first-order valence-corrected chi connectivity index (χ1v) is 8.44. The van der Waals surface area contributed by atoms with E-state index in [2.05, 4.69) is 33.2 Å². The molecule has 0 bridgehead atoms. The molecule has 1 saturated heterocycles. The molecule has 3 rings (SSSR count). The molecule has 6 heteroatoms. The van der Waals surface area contributed by atoms with E-state index in [0.717, 1.165) is 43.4 Å². The third kappa shape index (κ3) is 5.26. The Balaban J connectivity index is 0.000000431. The summed E-state index contributed by atoms with van der Waals surface area (Å²) in [6.45, 7) is 12.0. The van der Waals surface area contributed by atoms with Crippen LogP contribution in [0.25, 0.3) is 11.1 Å². The molecular weight excluding hydrogens is 326 g/mol. The van der Waals surface area contributed by atoms with Crippen molar-refractivity contribution < 1.29 is 4.74 Å². The average Bonchev–Trinajstić information content (AvgIpc) is 2.70. The molecule has 0 atom stereocenters. The van der Waals surface area contributed by atoms with Crippen LogP contribution in [0, 0.1) is 0 Å². The predicted molar refractivity (Wildman–Crippen MR) is 109 cm³/mol. The summed E-state index contributed by atoms with van der Waals surface area (Å²) in [4.78, 5) is 14.8. The molecule has 2 aromatic rings. The van der Waals surface area contributed by atoms with Crippen molar-refractivity contribution in [2.24, 2.45) is 4.99 Å². The Kier molecular flexibility index (Phi) is 7.51. The zero-order valence-electron chi connectivity index (χ0n) is 15.1. The number of ether oxygens (including phenoxy) is 1. The number of morpholine rings is 1. The maximum absolute atomic E-state index is 5.92. The minimum absolute atomic E-state index is 0.597. The highest BCUT2D eigenvalue weighted by atomic mass is 16.5. The highest BCUT2D eigenvalue weighted by molar-refractivity contribution is 5.74. The average molecular weight is 351 g/mol. The van der Waals surface area contributed by atoms with Gasteiger partial charge >= 0.3 is 0 Å². The molecule has 6 nitrogen and oxygen atoms in total. The number of hydrogen-bond donors (Lipinski definition) is 1. The Morgan fingerprint density at radius 3 is 2.38 bits per heavy atom. The second kappa shape index (κ2) is 10.1. The first-order valence-electron chi connectivity index (χ1n) is 8.44. The van der Waals surface area contributed by atoms with Gasteiger partial charge in [-0.25, -0.2) is 9.97 Å². The van der Waals surface area contributed by atoms with Gasteiger partial charge < -0.3 is 15.4 Å². The van der Waals surface area contributed by atoms with Gasteiger partial charge in [-0.15, -0.1) is 0 Å². The van der Waals surface area contributed by atoms with E-state index in [1.807, 2.05) is 49.7 Å². The standard InChI is InChI=1S/C15H17N5O.C5H8/c1-17-14-3-2-11(8-13(14)16)12-9-18-15(19-10-12)20-4-6-21-7-5-20;1-3-5-4-2/h2-3,8-10H,1,4-7,16H2;3-5H,1H2,2H3/b;5-4-. The topological polar surface area (TPSA) is 76.6 Å². The molecule has 1 aliphatic rings. The Morgan fingerprint density at radius 2 is 1.88 bits per heavy atom. The molecule has 0 aliphatic carbocycles. The van der Waals surface area contributed by atoms with E-state index in [1.165, 1.54) is 0 Å². The number of benzene rings is 1. The number of nitrogens with two attached hydrogens (primary N) is 1. The quantitative estimate of drug-likeness (QED) is 0.517. The molecule has 0 amide bonds. The summed E-state index contributed by atoms with van der Waals surface area (Å²) < 4.78 is 5.32. The summed E-state index contributed by atoms with van der Waals surface area (Å²) in [6, 6.07) is 5.64. The van der Waals surface area contributed by atoms with Gasteiger partial charge in [0.1, 0.15) is 0 Å². The number of aromatic nitrogens is 2. The third-order valence-corrected chi connectivity index (χ3v) is 3.79. The van der Waals surface area contributed by atoms with E-state index >= 15 is 0 Å². The fourth-order valence-electron chi connectivity index (χ4n) is 2.41. The number of rotatable bonds is 4. The lowest BCUT2D eigenvalue weighted by molar-refractivity contribution is 0.122. The van der Waals surface area contributed by atoms with Crippen molar-refractivity contribution in [2.45, 2.75) is 6.92 Å². The van der Waals surface area contributed by atoms with Gasteiger partial charge in [0.15, 0.2) is 0 Å².